The molecular formula is C86H57N3. The monoisotopic (exact) mass is 1130 g/mol. The minimum absolute atomic E-state index is 1.08. The lowest BCUT2D eigenvalue weighted by Gasteiger charge is -2.28. The maximum atomic E-state index is 2.48. The van der Waals surface area contributed by atoms with Crippen molar-refractivity contribution in [2.75, 3.05) is 9.80 Å². The molecule has 0 bridgehead atoms. The second-order valence-electron chi connectivity index (χ2n) is 23.2. The van der Waals surface area contributed by atoms with Crippen molar-refractivity contribution in [3.8, 4) is 50.2 Å². The van der Waals surface area contributed by atoms with Gasteiger partial charge >= 0.3 is 0 Å². The number of aromatic nitrogens is 1. The molecule has 0 spiro atoms. The molecule has 3 heteroatoms. The second-order valence-corrected chi connectivity index (χ2v) is 23.2. The zero-order valence-corrected chi connectivity index (χ0v) is 48.8. The van der Waals surface area contributed by atoms with E-state index in [1.807, 2.05) is 0 Å². The Morgan fingerprint density at radius 2 is 0.573 bits per heavy atom. The summed E-state index contributed by atoms with van der Waals surface area (Å²) in [6.45, 7) is 0. The van der Waals surface area contributed by atoms with E-state index in [1.54, 1.807) is 0 Å². The molecule has 0 saturated carbocycles. The molecule has 1 aromatic heterocycles. The van der Waals surface area contributed by atoms with Crippen LogP contribution >= 0.6 is 0 Å². The maximum Gasteiger partial charge on any atom is 0.0541 e. The molecule has 3 nitrogen and oxygen atoms in total. The van der Waals surface area contributed by atoms with Crippen LogP contribution in [-0.2, 0) is 0 Å². The van der Waals surface area contributed by atoms with Crippen LogP contribution in [-0.4, -0.2) is 4.57 Å². The third kappa shape index (κ3) is 8.98. The lowest BCUT2D eigenvalue weighted by Crippen LogP contribution is -2.10. The molecule has 0 aliphatic rings. The number of hydrogen-bond acceptors (Lipinski definition) is 2. The molecule has 16 aromatic carbocycles. The fourth-order valence-corrected chi connectivity index (χ4v) is 13.9. The van der Waals surface area contributed by atoms with E-state index < -0.39 is 0 Å². The average Bonchev–Trinajstić information content (AvgIpc) is 1.77. The van der Waals surface area contributed by atoms with Crippen molar-refractivity contribution >= 4 is 110 Å². The highest BCUT2D eigenvalue weighted by atomic mass is 15.1. The number of rotatable bonds is 11. The van der Waals surface area contributed by atoms with Crippen molar-refractivity contribution in [2.45, 2.75) is 0 Å². The zero-order chi connectivity index (χ0) is 58.8. The highest BCUT2D eigenvalue weighted by Gasteiger charge is 2.22. The summed E-state index contributed by atoms with van der Waals surface area (Å²) in [4.78, 5) is 4.79. The van der Waals surface area contributed by atoms with Crippen molar-refractivity contribution < 1.29 is 0 Å². The van der Waals surface area contributed by atoms with E-state index in [4.69, 9.17) is 0 Å². The van der Waals surface area contributed by atoms with Crippen molar-refractivity contribution in [1.82, 2.24) is 4.57 Å². The smallest absolute Gasteiger partial charge is 0.0541 e. The fourth-order valence-electron chi connectivity index (χ4n) is 13.9. The van der Waals surface area contributed by atoms with Gasteiger partial charge in [-0.15, -0.1) is 0 Å². The molecule has 0 aliphatic carbocycles. The maximum absolute atomic E-state index is 2.48. The van der Waals surface area contributed by atoms with E-state index in [0.29, 0.717) is 0 Å². The van der Waals surface area contributed by atoms with Crippen molar-refractivity contribution in [3.05, 3.63) is 346 Å². The highest BCUT2D eigenvalue weighted by Crippen LogP contribution is 2.46. The van der Waals surface area contributed by atoms with Crippen LogP contribution in [0.3, 0.4) is 0 Å². The van der Waals surface area contributed by atoms with Gasteiger partial charge in [0.25, 0.3) is 0 Å². The zero-order valence-electron chi connectivity index (χ0n) is 48.8. The molecule has 0 amide bonds. The Bertz CT molecular complexity index is 5480. The van der Waals surface area contributed by atoms with Gasteiger partial charge in [-0.1, -0.05) is 249 Å². The summed E-state index contributed by atoms with van der Waals surface area (Å²) in [7, 11) is 0. The first-order chi connectivity index (χ1) is 44.1. The molecule has 416 valence electrons. The largest absolute Gasteiger partial charge is 0.310 e. The van der Waals surface area contributed by atoms with E-state index >= 15 is 0 Å². The number of anilines is 6. The van der Waals surface area contributed by atoms with Crippen molar-refractivity contribution in [1.29, 1.82) is 0 Å². The number of fused-ring (bicyclic) bond motifs is 11. The van der Waals surface area contributed by atoms with Gasteiger partial charge in [0.15, 0.2) is 0 Å². The van der Waals surface area contributed by atoms with Gasteiger partial charge in [0.2, 0.25) is 0 Å². The van der Waals surface area contributed by atoms with Crippen LogP contribution in [0.5, 0.6) is 0 Å². The Morgan fingerprint density at radius 1 is 0.191 bits per heavy atom. The predicted molar refractivity (Wildman–Crippen MR) is 379 cm³/mol. The van der Waals surface area contributed by atoms with Crippen LogP contribution in [0, 0.1) is 0 Å². The molecule has 0 N–H and O–H groups in total. The Kier molecular flexibility index (Phi) is 12.5. The summed E-state index contributed by atoms with van der Waals surface area (Å²) in [5, 5.41) is 14.8. The molecule has 0 atom stereocenters. The van der Waals surface area contributed by atoms with E-state index in [0.717, 1.165) is 73.1 Å². The summed E-state index contributed by atoms with van der Waals surface area (Å²) in [5.74, 6) is 0. The van der Waals surface area contributed by atoms with Crippen LogP contribution in [0.15, 0.2) is 346 Å². The lowest BCUT2D eigenvalue weighted by molar-refractivity contribution is 1.19. The molecule has 17 aromatic rings. The number of nitrogens with zero attached hydrogens (tertiary/aromatic N) is 3. The molecule has 0 radical (unpaired) electrons. The minimum Gasteiger partial charge on any atom is -0.310 e. The normalized spacial score (nSPS) is 11.6. The standard InChI is InChI=1S/C86H57N3/c1-4-19-58(20-5-1)59-35-43-68(44-36-59)88(84-54-51-71(62-21-6-2-7-22-62)73-28-16-17-33-79(73)84)69-47-39-61(40-48-69)65-42-53-86-82(56-65)81-55-64(60-37-45-67(46-38-60)87(66-25-8-3-9-26-66)83-34-18-24-63-23-10-11-27-72(63)83)41-52-85(81)89(86)70-49-50-78-76-31-13-12-29-74(76)75-30-14-15-32-77(75)80(78)57-70/h1-57H. The average molecular weight is 1130 g/mol. The Hall–Kier alpha value is -11.8. The van der Waals surface area contributed by atoms with E-state index in [9.17, 15) is 0 Å². The van der Waals surface area contributed by atoms with E-state index in [2.05, 4.69) is 360 Å². The number of para-hydroxylation sites is 1. The Balaban J connectivity index is 0.805. The highest BCUT2D eigenvalue weighted by molar-refractivity contribution is 6.26. The minimum atomic E-state index is 1.08. The number of benzene rings is 16. The quantitative estimate of drug-likeness (QED) is 0.120. The van der Waals surface area contributed by atoms with Gasteiger partial charge in [0.05, 0.1) is 22.4 Å². The van der Waals surface area contributed by atoms with E-state index in [-0.39, 0.29) is 0 Å². The van der Waals surface area contributed by atoms with Gasteiger partial charge in [0.1, 0.15) is 0 Å². The number of hydrogen-bond donors (Lipinski definition) is 0. The van der Waals surface area contributed by atoms with Crippen LogP contribution in [0.25, 0.3) is 126 Å². The topological polar surface area (TPSA) is 11.4 Å². The summed E-state index contributed by atoms with van der Waals surface area (Å²) in [6.07, 6.45) is 0. The molecule has 1 heterocycles. The van der Waals surface area contributed by atoms with Gasteiger partial charge in [-0.05, 0) is 185 Å². The Morgan fingerprint density at radius 3 is 1.12 bits per heavy atom. The van der Waals surface area contributed by atoms with Gasteiger partial charge in [-0.3, -0.25) is 0 Å². The van der Waals surface area contributed by atoms with Crippen molar-refractivity contribution in [3.63, 3.8) is 0 Å². The lowest BCUT2D eigenvalue weighted by atomic mass is 9.94. The van der Waals surface area contributed by atoms with Crippen LogP contribution in [0.4, 0.5) is 34.1 Å². The van der Waals surface area contributed by atoms with Crippen LogP contribution < -0.4 is 9.80 Å². The predicted octanol–water partition coefficient (Wildman–Crippen LogP) is 24.2. The third-order valence-electron chi connectivity index (χ3n) is 18.2. The van der Waals surface area contributed by atoms with Crippen LogP contribution in [0.2, 0.25) is 0 Å². The molecule has 0 fully saturated rings. The first-order valence-corrected chi connectivity index (χ1v) is 30.6. The third-order valence-corrected chi connectivity index (χ3v) is 18.2. The summed E-state index contributed by atoms with van der Waals surface area (Å²) in [5.41, 5.74) is 19.5. The summed E-state index contributed by atoms with van der Waals surface area (Å²) >= 11 is 0. The van der Waals surface area contributed by atoms with Gasteiger partial charge in [-0.2, -0.15) is 0 Å². The fraction of sp³-hybridized carbons (Fsp3) is 0. The molecule has 17 rings (SSSR count). The molecule has 89 heavy (non-hydrogen) atoms. The van der Waals surface area contributed by atoms with Gasteiger partial charge in [0, 0.05) is 50.0 Å². The van der Waals surface area contributed by atoms with Crippen molar-refractivity contribution in [2.24, 2.45) is 0 Å². The van der Waals surface area contributed by atoms with Gasteiger partial charge in [-0.25, -0.2) is 0 Å². The molecule has 0 saturated heterocycles. The first kappa shape index (κ1) is 51.6. The second kappa shape index (κ2) is 21.6. The van der Waals surface area contributed by atoms with Crippen LogP contribution in [0.1, 0.15) is 0 Å². The molecular weight excluding hydrogens is 1070 g/mol. The first-order valence-electron chi connectivity index (χ1n) is 30.6. The van der Waals surface area contributed by atoms with E-state index in [1.165, 1.54) is 86.9 Å². The summed E-state index contributed by atoms with van der Waals surface area (Å²) in [6, 6.07) is 127. The van der Waals surface area contributed by atoms with Gasteiger partial charge < -0.3 is 14.4 Å². The molecule has 0 aliphatic heterocycles. The SMILES string of the molecule is c1ccc(-c2ccc(N(c3ccc(-c4ccc5c(c4)c4cc(-c6ccc(N(c7ccccc7)c7cccc8ccccc78)cc6)ccc4n5-c4ccc5c6ccccc6c6ccccc6c5c4)cc3)c3ccc(-c4ccccc4)c4ccccc34)cc2)cc1. The Labute approximate surface area is 517 Å². The molecule has 0 unspecified atom stereocenters. The summed E-state index contributed by atoms with van der Waals surface area (Å²) < 4.78 is 2.48.